The Morgan fingerprint density at radius 2 is 2.05 bits per heavy atom. The minimum Gasteiger partial charge on any atom is -0.399 e. The van der Waals surface area contributed by atoms with Crippen molar-refractivity contribution in [3.05, 3.63) is 47.5 Å². The number of fused-ring (bicyclic) bond motifs is 1. The topological polar surface area (TPSA) is 53.1 Å². The molecule has 0 unspecified atom stereocenters. The third-order valence-corrected chi connectivity index (χ3v) is 3.72. The van der Waals surface area contributed by atoms with Crippen LogP contribution in [0.25, 0.3) is 22.4 Å². The molecule has 0 aliphatic rings. The van der Waals surface area contributed by atoms with Crippen molar-refractivity contribution >= 4 is 28.3 Å². The highest BCUT2D eigenvalue weighted by Crippen LogP contribution is 2.31. The van der Waals surface area contributed by atoms with E-state index in [9.17, 15) is 0 Å². The SMILES string of the molecule is COCCn1c(-c2ccc(N)cc2Cl)nc2ccccc21. The van der Waals surface area contributed by atoms with Gasteiger partial charge in [0.15, 0.2) is 0 Å². The number of hydrogen-bond acceptors (Lipinski definition) is 3. The van der Waals surface area contributed by atoms with Crippen molar-refractivity contribution in [1.82, 2.24) is 9.55 Å². The lowest BCUT2D eigenvalue weighted by Crippen LogP contribution is -2.06. The summed E-state index contributed by atoms with van der Waals surface area (Å²) in [7, 11) is 1.69. The van der Waals surface area contributed by atoms with Gasteiger partial charge in [-0.2, -0.15) is 0 Å². The van der Waals surface area contributed by atoms with Gasteiger partial charge in [0.25, 0.3) is 0 Å². The van der Waals surface area contributed by atoms with Crippen LogP contribution in [0.1, 0.15) is 0 Å². The van der Waals surface area contributed by atoms with E-state index in [0.29, 0.717) is 23.9 Å². The zero-order valence-corrected chi connectivity index (χ0v) is 12.5. The summed E-state index contributed by atoms with van der Waals surface area (Å²) < 4.78 is 7.32. The molecular weight excluding hydrogens is 286 g/mol. The fourth-order valence-electron chi connectivity index (χ4n) is 2.40. The first-order valence-electron chi connectivity index (χ1n) is 6.70. The van der Waals surface area contributed by atoms with E-state index in [1.165, 1.54) is 0 Å². The van der Waals surface area contributed by atoms with Crippen molar-refractivity contribution in [2.75, 3.05) is 19.5 Å². The maximum Gasteiger partial charge on any atom is 0.142 e. The normalized spacial score (nSPS) is 11.1. The number of imidazole rings is 1. The largest absolute Gasteiger partial charge is 0.399 e. The van der Waals surface area contributed by atoms with Gasteiger partial charge in [0.1, 0.15) is 5.82 Å². The van der Waals surface area contributed by atoms with Crippen molar-refractivity contribution < 1.29 is 4.74 Å². The Kier molecular flexibility index (Phi) is 3.82. The van der Waals surface area contributed by atoms with Crippen LogP contribution in [0.3, 0.4) is 0 Å². The molecule has 108 valence electrons. The molecule has 0 saturated carbocycles. The molecule has 2 N–H and O–H groups in total. The summed E-state index contributed by atoms with van der Waals surface area (Å²) in [5, 5.41) is 0.601. The molecule has 0 amide bonds. The number of ether oxygens (including phenoxy) is 1. The number of halogens is 1. The Labute approximate surface area is 128 Å². The number of rotatable bonds is 4. The predicted molar refractivity (Wildman–Crippen MR) is 86.5 cm³/mol. The third-order valence-electron chi connectivity index (χ3n) is 3.41. The molecule has 0 radical (unpaired) electrons. The lowest BCUT2D eigenvalue weighted by Gasteiger charge is -2.10. The number of para-hydroxylation sites is 2. The molecule has 4 nitrogen and oxygen atoms in total. The number of nitrogens with two attached hydrogens (primary N) is 1. The van der Waals surface area contributed by atoms with Crippen molar-refractivity contribution in [2.24, 2.45) is 0 Å². The maximum absolute atomic E-state index is 6.33. The summed E-state index contributed by atoms with van der Waals surface area (Å²) in [6, 6.07) is 13.5. The van der Waals surface area contributed by atoms with E-state index in [2.05, 4.69) is 4.57 Å². The van der Waals surface area contributed by atoms with E-state index < -0.39 is 0 Å². The lowest BCUT2D eigenvalue weighted by atomic mass is 10.2. The van der Waals surface area contributed by atoms with Crippen LogP contribution in [0, 0.1) is 0 Å². The van der Waals surface area contributed by atoms with Crippen LogP contribution < -0.4 is 5.73 Å². The van der Waals surface area contributed by atoms with Crippen LogP contribution in [-0.4, -0.2) is 23.3 Å². The zero-order valence-electron chi connectivity index (χ0n) is 11.7. The zero-order chi connectivity index (χ0) is 14.8. The summed E-state index contributed by atoms with van der Waals surface area (Å²) in [6.07, 6.45) is 0. The van der Waals surface area contributed by atoms with Gasteiger partial charge in [-0.15, -0.1) is 0 Å². The van der Waals surface area contributed by atoms with E-state index in [1.54, 1.807) is 13.2 Å². The number of aromatic nitrogens is 2. The highest BCUT2D eigenvalue weighted by atomic mass is 35.5. The first-order chi connectivity index (χ1) is 10.2. The average Bonchev–Trinajstić information content (AvgIpc) is 2.83. The van der Waals surface area contributed by atoms with Gasteiger partial charge in [-0.3, -0.25) is 0 Å². The molecule has 1 aromatic heterocycles. The molecule has 0 bridgehead atoms. The second-order valence-corrected chi connectivity index (χ2v) is 5.22. The smallest absolute Gasteiger partial charge is 0.142 e. The summed E-state index contributed by atoms with van der Waals surface area (Å²) in [6.45, 7) is 1.33. The molecule has 3 rings (SSSR count). The molecule has 2 aromatic carbocycles. The van der Waals surface area contributed by atoms with E-state index in [-0.39, 0.29) is 0 Å². The average molecular weight is 302 g/mol. The predicted octanol–water partition coefficient (Wildman–Crippen LogP) is 3.59. The molecule has 5 heteroatoms. The number of benzene rings is 2. The Bertz CT molecular complexity index is 782. The van der Waals surface area contributed by atoms with Crippen molar-refractivity contribution in [2.45, 2.75) is 6.54 Å². The minimum absolute atomic E-state index is 0.601. The van der Waals surface area contributed by atoms with Gasteiger partial charge in [-0.05, 0) is 30.3 Å². The van der Waals surface area contributed by atoms with E-state index in [1.807, 2.05) is 36.4 Å². The second kappa shape index (κ2) is 5.76. The first kappa shape index (κ1) is 13.9. The highest BCUT2D eigenvalue weighted by molar-refractivity contribution is 6.33. The van der Waals surface area contributed by atoms with Gasteiger partial charge in [0, 0.05) is 24.9 Å². The Hall–Kier alpha value is -2.04. The first-order valence-corrected chi connectivity index (χ1v) is 7.08. The Balaban J connectivity index is 2.20. The van der Waals surface area contributed by atoms with Crippen molar-refractivity contribution in [3.8, 4) is 11.4 Å². The molecule has 1 heterocycles. The lowest BCUT2D eigenvalue weighted by molar-refractivity contribution is 0.188. The van der Waals surface area contributed by atoms with E-state index >= 15 is 0 Å². The summed E-state index contributed by atoms with van der Waals surface area (Å²) in [5.74, 6) is 0.832. The number of hydrogen-bond donors (Lipinski definition) is 1. The summed E-state index contributed by atoms with van der Waals surface area (Å²) >= 11 is 6.33. The van der Waals surface area contributed by atoms with Crippen molar-refractivity contribution in [1.29, 1.82) is 0 Å². The Morgan fingerprint density at radius 3 is 2.81 bits per heavy atom. The van der Waals surface area contributed by atoms with Crippen LogP contribution in [0.4, 0.5) is 5.69 Å². The molecule has 0 spiro atoms. The molecule has 0 aliphatic carbocycles. The Morgan fingerprint density at radius 1 is 1.24 bits per heavy atom. The van der Waals surface area contributed by atoms with E-state index in [4.69, 9.17) is 27.1 Å². The van der Waals surface area contributed by atoms with Gasteiger partial charge >= 0.3 is 0 Å². The van der Waals surface area contributed by atoms with Gasteiger partial charge < -0.3 is 15.0 Å². The number of methoxy groups -OCH3 is 1. The molecule has 0 saturated heterocycles. The molecule has 0 atom stereocenters. The monoisotopic (exact) mass is 301 g/mol. The maximum atomic E-state index is 6.33. The third kappa shape index (κ3) is 2.60. The van der Waals surface area contributed by atoms with E-state index in [0.717, 1.165) is 22.4 Å². The molecule has 21 heavy (non-hydrogen) atoms. The molecule has 3 aromatic rings. The quantitative estimate of drug-likeness (QED) is 0.749. The highest BCUT2D eigenvalue weighted by Gasteiger charge is 2.14. The second-order valence-electron chi connectivity index (χ2n) is 4.81. The minimum atomic E-state index is 0.601. The van der Waals surface area contributed by atoms with Crippen LogP contribution >= 0.6 is 11.6 Å². The number of nitrogens with zero attached hydrogens (tertiary/aromatic N) is 2. The molecule has 0 fully saturated rings. The van der Waals surface area contributed by atoms with Crippen molar-refractivity contribution in [3.63, 3.8) is 0 Å². The summed E-state index contributed by atoms with van der Waals surface area (Å²) in [4.78, 5) is 4.71. The fourth-order valence-corrected chi connectivity index (χ4v) is 2.68. The number of nitrogen functional groups attached to an aromatic ring is 1. The standard InChI is InChI=1S/C16H16ClN3O/c1-21-9-8-20-15-5-3-2-4-14(15)19-16(20)12-7-6-11(18)10-13(12)17/h2-7,10H,8-9,18H2,1H3. The number of anilines is 1. The van der Waals surface area contributed by atoms with Crippen LogP contribution in [0.15, 0.2) is 42.5 Å². The van der Waals surface area contributed by atoms with Crippen LogP contribution in [0.2, 0.25) is 5.02 Å². The van der Waals surface area contributed by atoms with Gasteiger partial charge in [-0.25, -0.2) is 4.98 Å². The van der Waals surface area contributed by atoms with Crippen LogP contribution in [-0.2, 0) is 11.3 Å². The fraction of sp³-hybridized carbons (Fsp3) is 0.188. The van der Waals surface area contributed by atoms with Crippen LogP contribution in [0.5, 0.6) is 0 Å². The van der Waals surface area contributed by atoms with Gasteiger partial charge in [-0.1, -0.05) is 23.7 Å². The molecular formula is C16H16ClN3O. The van der Waals surface area contributed by atoms with Gasteiger partial charge in [0.2, 0.25) is 0 Å². The molecule has 0 aliphatic heterocycles. The van der Waals surface area contributed by atoms with Gasteiger partial charge in [0.05, 0.1) is 22.7 Å². The summed E-state index contributed by atoms with van der Waals surface area (Å²) in [5.41, 5.74) is 9.29.